The summed E-state index contributed by atoms with van der Waals surface area (Å²) in [6.45, 7) is 13.5. The Morgan fingerprint density at radius 3 is 2.43 bits per heavy atom. The summed E-state index contributed by atoms with van der Waals surface area (Å²) in [5.41, 5.74) is 5.50. The highest BCUT2D eigenvalue weighted by molar-refractivity contribution is 4.76. The van der Waals surface area contributed by atoms with Gasteiger partial charge in [-0.25, -0.2) is 0 Å². The van der Waals surface area contributed by atoms with Crippen LogP contribution < -0.4 is 5.73 Å². The van der Waals surface area contributed by atoms with E-state index in [1.165, 1.54) is 6.42 Å². The maximum absolute atomic E-state index is 5.50. The van der Waals surface area contributed by atoms with Gasteiger partial charge in [0.2, 0.25) is 0 Å². The summed E-state index contributed by atoms with van der Waals surface area (Å²) in [4.78, 5) is 2.45. The first-order valence-electron chi connectivity index (χ1n) is 5.66. The van der Waals surface area contributed by atoms with E-state index < -0.39 is 0 Å². The molecule has 0 saturated heterocycles. The Balaban J connectivity index is 3.82. The highest BCUT2D eigenvalue weighted by atomic mass is 15.1. The van der Waals surface area contributed by atoms with Crippen LogP contribution in [0.2, 0.25) is 0 Å². The van der Waals surface area contributed by atoms with Gasteiger partial charge in [0, 0.05) is 19.1 Å². The van der Waals surface area contributed by atoms with E-state index in [0.717, 1.165) is 32.0 Å². The largest absolute Gasteiger partial charge is 0.330 e. The molecule has 0 bridgehead atoms. The van der Waals surface area contributed by atoms with Crippen LogP contribution >= 0.6 is 0 Å². The van der Waals surface area contributed by atoms with Crippen LogP contribution in [-0.2, 0) is 0 Å². The Labute approximate surface area is 89.2 Å². The van der Waals surface area contributed by atoms with E-state index in [1.54, 1.807) is 0 Å². The van der Waals surface area contributed by atoms with Crippen LogP contribution in [0.4, 0.5) is 0 Å². The van der Waals surface area contributed by atoms with Crippen LogP contribution in [0.1, 0.15) is 33.6 Å². The lowest BCUT2D eigenvalue weighted by Gasteiger charge is -2.28. The smallest absolute Gasteiger partial charge is 0.0163 e. The third-order valence-corrected chi connectivity index (χ3v) is 2.54. The summed E-state index contributed by atoms with van der Waals surface area (Å²) in [5.74, 6) is 0.737. The maximum atomic E-state index is 5.50. The Morgan fingerprint density at radius 2 is 2.00 bits per heavy atom. The van der Waals surface area contributed by atoms with Gasteiger partial charge >= 0.3 is 0 Å². The number of hydrogen-bond acceptors (Lipinski definition) is 2. The van der Waals surface area contributed by atoms with E-state index in [1.807, 2.05) is 6.08 Å². The molecule has 0 aromatic rings. The Bertz CT molecular complexity index is 143. The molecular formula is C12H26N2. The Hall–Kier alpha value is -0.340. The normalized spacial score (nSPS) is 13.6. The van der Waals surface area contributed by atoms with Crippen molar-refractivity contribution in [1.82, 2.24) is 4.90 Å². The number of nitrogens with two attached hydrogens (primary N) is 1. The van der Waals surface area contributed by atoms with E-state index in [4.69, 9.17) is 5.73 Å². The van der Waals surface area contributed by atoms with Crippen LogP contribution in [0, 0.1) is 5.92 Å². The van der Waals surface area contributed by atoms with Crippen molar-refractivity contribution in [2.75, 3.05) is 19.6 Å². The molecular weight excluding hydrogens is 172 g/mol. The first kappa shape index (κ1) is 13.7. The van der Waals surface area contributed by atoms with Gasteiger partial charge in [-0.05, 0) is 39.2 Å². The van der Waals surface area contributed by atoms with Crippen LogP contribution in [0.25, 0.3) is 0 Å². The molecule has 84 valence electrons. The summed E-state index contributed by atoms with van der Waals surface area (Å²) in [7, 11) is 0. The van der Waals surface area contributed by atoms with Gasteiger partial charge in [0.05, 0.1) is 0 Å². The van der Waals surface area contributed by atoms with Gasteiger partial charge in [-0.3, -0.25) is 4.90 Å². The third kappa shape index (κ3) is 6.17. The highest BCUT2D eigenvalue weighted by Crippen LogP contribution is 2.09. The zero-order valence-electron chi connectivity index (χ0n) is 10.00. The first-order valence-corrected chi connectivity index (χ1v) is 5.66. The van der Waals surface area contributed by atoms with E-state index in [2.05, 4.69) is 32.3 Å². The Morgan fingerprint density at radius 1 is 1.36 bits per heavy atom. The molecule has 2 heteroatoms. The number of nitrogens with zero attached hydrogens (tertiary/aromatic N) is 1. The molecule has 0 aliphatic rings. The molecule has 0 aliphatic carbocycles. The molecule has 0 heterocycles. The quantitative estimate of drug-likeness (QED) is 0.606. The molecule has 0 saturated carbocycles. The molecule has 2 N–H and O–H groups in total. The fourth-order valence-electron chi connectivity index (χ4n) is 1.62. The Kier molecular flexibility index (Phi) is 7.81. The lowest BCUT2D eigenvalue weighted by Crippen LogP contribution is -2.34. The zero-order valence-corrected chi connectivity index (χ0v) is 10.00. The summed E-state index contributed by atoms with van der Waals surface area (Å²) in [5, 5.41) is 0. The predicted octanol–water partition coefficient (Wildman–Crippen LogP) is 2.26. The van der Waals surface area contributed by atoms with Crippen molar-refractivity contribution < 1.29 is 0 Å². The molecule has 0 fully saturated rings. The average Bonchev–Trinajstić information content (AvgIpc) is 2.14. The van der Waals surface area contributed by atoms with Crippen molar-refractivity contribution in [1.29, 1.82) is 0 Å². The molecule has 0 rings (SSSR count). The van der Waals surface area contributed by atoms with Crippen molar-refractivity contribution in [3.8, 4) is 0 Å². The van der Waals surface area contributed by atoms with Gasteiger partial charge in [-0.1, -0.05) is 13.0 Å². The second kappa shape index (κ2) is 8.01. The standard InChI is InChI=1S/C12H26N2/c1-5-9-14(11(2)3)10-12(4)7-6-8-13/h5,11-12H,1,6-10,13H2,2-4H3. The fraction of sp³-hybridized carbons (Fsp3) is 0.833. The molecule has 1 unspecified atom stereocenters. The van der Waals surface area contributed by atoms with Gasteiger partial charge < -0.3 is 5.73 Å². The lowest BCUT2D eigenvalue weighted by atomic mass is 10.0. The van der Waals surface area contributed by atoms with Crippen molar-refractivity contribution in [2.45, 2.75) is 39.7 Å². The molecule has 2 nitrogen and oxygen atoms in total. The summed E-state index contributed by atoms with van der Waals surface area (Å²) in [6.07, 6.45) is 4.35. The molecule has 0 spiro atoms. The van der Waals surface area contributed by atoms with Gasteiger partial charge in [0.25, 0.3) is 0 Å². The minimum absolute atomic E-state index is 0.605. The molecule has 0 aromatic carbocycles. The van der Waals surface area contributed by atoms with Crippen LogP contribution in [-0.4, -0.2) is 30.6 Å². The molecule has 0 aliphatic heterocycles. The average molecular weight is 198 g/mol. The first-order chi connectivity index (χ1) is 6.61. The van der Waals surface area contributed by atoms with Gasteiger partial charge in [-0.15, -0.1) is 6.58 Å². The molecule has 0 amide bonds. The topological polar surface area (TPSA) is 29.3 Å². The van der Waals surface area contributed by atoms with Crippen molar-refractivity contribution >= 4 is 0 Å². The van der Waals surface area contributed by atoms with E-state index in [9.17, 15) is 0 Å². The van der Waals surface area contributed by atoms with E-state index in [-0.39, 0.29) is 0 Å². The van der Waals surface area contributed by atoms with Crippen LogP contribution in [0.15, 0.2) is 12.7 Å². The van der Waals surface area contributed by atoms with Crippen LogP contribution in [0.5, 0.6) is 0 Å². The summed E-state index contributed by atoms with van der Waals surface area (Å²) < 4.78 is 0. The van der Waals surface area contributed by atoms with Gasteiger partial charge in [-0.2, -0.15) is 0 Å². The summed E-state index contributed by atoms with van der Waals surface area (Å²) in [6, 6.07) is 0.605. The fourth-order valence-corrected chi connectivity index (χ4v) is 1.62. The third-order valence-electron chi connectivity index (χ3n) is 2.54. The van der Waals surface area contributed by atoms with Gasteiger partial charge in [0.1, 0.15) is 0 Å². The highest BCUT2D eigenvalue weighted by Gasteiger charge is 2.11. The molecule has 14 heavy (non-hydrogen) atoms. The minimum Gasteiger partial charge on any atom is -0.330 e. The lowest BCUT2D eigenvalue weighted by molar-refractivity contribution is 0.207. The second-order valence-electron chi connectivity index (χ2n) is 4.37. The number of rotatable bonds is 8. The number of hydrogen-bond donors (Lipinski definition) is 1. The van der Waals surface area contributed by atoms with Crippen molar-refractivity contribution in [2.24, 2.45) is 11.7 Å². The van der Waals surface area contributed by atoms with Gasteiger partial charge in [0.15, 0.2) is 0 Å². The zero-order chi connectivity index (χ0) is 11.0. The molecule has 1 atom stereocenters. The molecule has 0 radical (unpaired) electrons. The summed E-state index contributed by atoms with van der Waals surface area (Å²) >= 11 is 0. The molecule has 0 aromatic heterocycles. The van der Waals surface area contributed by atoms with Crippen LogP contribution in [0.3, 0.4) is 0 Å². The van der Waals surface area contributed by atoms with Crippen molar-refractivity contribution in [3.05, 3.63) is 12.7 Å². The predicted molar refractivity (Wildman–Crippen MR) is 64.4 cm³/mol. The van der Waals surface area contributed by atoms with E-state index in [0.29, 0.717) is 6.04 Å². The maximum Gasteiger partial charge on any atom is 0.0163 e. The van der Waals surface area contributed by atoms with E-state index >= 15 is 0 Å². The van der Waals surface area contributed by atoms with Crippen molar-refractivity contribution in [3.63, 3.8) is 0 Å². The SMILES string of the molecule is C=CCN(CC(C)CCCN)C(C)C. The monoisotopic (exact) mass is 198 g/mol. The second-order valence-corrected chi connectivity index (χ2v) is 4.37. The minimum atomic E-state index is 0.605.